The number of hydrogen-bond acceptors (Lipinski definition) is 3. The van der Waals surface area contributed by atoms with E-state index in [1.165, 1.54) is 0 Å². The van der Waals surface area contributed by atoms with Crippen molar-refractivity contribution >= 4 is 11.6 Å². The van der Waals surface area contributed by atoms with Gasteiger partial charge < -0.3 is 10.6 Å². The number of hydrogen-bond donors (Lipinski definition) is 2. The van der Waals surface area contributed by atoms with Crippen molar-refractivity contribution in [2.45, 2.75) is 38.4 Å². The smallest absolute Gasteiger partial charge is 0.273 e. The predicted molar refractivity (Wildman–Crippen MR) is 92.1 cm³/mol. The number of amides is 1. The fraction of sp³-hybridized carbons (Fsp3) is 0.444. The first-order chi connectivity index (χ1) is 11.4. The highest BCUT2D eigenvalue weighted by Crippen LogP contribution is 2.18. The van der Waals surface area contributed by atoms with Crippen LogP contribution in [0.15, 0.2) is 30.3 Å². The molecule has 0 spiro atoms. The first kappa shape index (κ1) is 16.6. The Morgan fingerprint density at radius 1 is 1.42 bits per heavy atom. The van der Waals surface area contributed by atoms with Gasteiger partial charge in [0.1, 0.15) is 11.9 Å². The number of nitrogens with one attached hydrogen (secondary N) is 2. The Bertz CT molecular complexity index is 723. The Morgan fingerprint density at radius 3 is 2.62 bits per heavy atom. The van der Waals surface area contributed by atoms with Gasteiger partial charge in [0.05, 0.1) is 5.69 Å². The fourth-order valence-electron chi connectivity index (χ4n) is 2.73. The normalized spacial score (nSPS) is 20.0. The summed E-state index contributed by atoms with van der Waals surface area (Å²) in [6.45, 7) is 4.53. The van der Waals surface area contributed by atoms with Crippen molar-refractivity contribution in [2.75, 3.05) is 11.9 Å². The van der Waals surface area contributed by atoms with Crippen molar-refractivity contribution in [3.63, 3.8) is 0 Å². The van der Waals surface area contributed by atoms with Crippen LogP contribution in [-0.2, 0) is 13.5 Å². The molecule has 1 aliphatic rings. The van der Waals surface area contributed by atoms with Crippen molar-refractivity contribution in [3.8, 4) is 0 Å². The summed E-state index contributed by atoms with van der Waals surface area (Å²) in [6.07, 6.45) is -0.0983. The third-order valence-corrected chi connectivity index (χ3v) is 4.40. The Hall–Kier alpha value is -2.21. The molecule has 24 heavy (non-hydrogen) atoms. The lowest BCUT2D eigenvalue weighted by Crippen LogP contribution is -2.55. The van der Waals surface area contributed by atoms with E-state index in [1.807, 2.05) is 44.2 Å². The van der Waals surface area contributed by atoms with E-state index in [4.69, 9.17) is 0 Å². The molecular formula is C18H23FN4O. The number of anilines is 1. The van der Waals surface area contributed by atoms with Crippen LogP contribution >= 0.6 is 0 Å². The average Bonchev–Trinajstić information content (AvgIpc) is 2.95. The Morgan fingerprint density at radius 2 is 2.12 bits per heavy atom. The van der Waals surface area contributed by atoms with Crippen molar-refractivity contribution in [2.24, 2.45) is 7.05 Å². The lowest BCUT2D eigenvalue weighted by Gasteiger charge is -2.32. The van der Waals surface area contributed by atoms with E-state index in [-0.39, 0.29) is 17.9 Å². The number of carbonyl (C=O) groups is 1. The van der Waals surface area contributed by atoms with Crippen molar-refractivity contribution < 1.29 is 9.18 Å². The number of nitrogens with zero attached hydrogens (tertiary/aromatic N) is 2. The second kappa shape index (κ2) is 6.73. The van der Waals surface area contributed by atoms with Gasteiger partial charge in [-0.3, -0.25) is 9.48 Å². The first-order valence-corrected chi connectivity index (χ1v) is 8.25. The third-order valence-electron chi connectivity index (χ3n) is 4.40. The molecule has 1 aliphatic heterocycles. The number of rotatable bonds is 5. The number of aromatic nitrogens is 2. The maximum atomic E-state index is 13.3. The molecule has 2 atom stereocenters. The molecular weight excluding hydrogens is 307 g/mol. The van der Waals surface area contributed by atoms with Crippen LogP contribution in [0.25, 0.3) is 0 Å². The number of aryl methyl sites for hydroxylation is 1. The van der Waals surface area contributed by atoms with Crippen LogP contribution < -0.4 is 10.6 Å². The monoisotopic (exact) mass is 330 g/mol. The van der Waals surface area contributed by atoms with E-state index in [2.05, 4.69) is 15.7 Å². The summed E-state index contributed by atoms with van der Waals surface area (Å²) in [5.74, 6) is 0.0885. The standard InChI is InChI=1S/C18H23FN4O/c1-11(2)15-9-17(23(3)22-15)18(24)21-13-6-4-12(5-7-13)8-16-14(19)10-20-16/h4-7,9,11,14,16,20H,8,10H2,1-3H3,(H,21,24). The number of halogens is 1. The molecule has 1 amide bonds. The van der Waals surface area contributed by atoms with Crippen molar-refractivity contribution in [3.05, 3.63) is 47.3 Å². The molecule has 0 saturated carbocycles. The molecule has 2 aromatic rings. The lowest BCUT2D eigenvalue weighted by molar-refractivity contribution is 0.101. The van der Waals surface area contributed by atoms with Crippen LogP contribution in [0.3, 0.4) is 0 Å². The molecule has 1 aromatic carbocycles. The van der Waals surface area contributed by atoms with Crippen molar-refractivity contribution in [1.29, 1.82) is 0 Å². The van der Waals surface area contributed by atoms with E-state index in [0.717, 1.165) is 16.9 Å². The second-order valence-electron chi connectivity index (χ2n) is 6.62. The Kier molecular flexibility index (Phi) is 4.66. The minimum Gasteiger partial charge on any atom is -0.321 e. The highest BCUT2D eigenvalue weighted by Gasteiger charge is 2.29. The summed E-state index contributed by atoms with van der Waals surface area (Å²) in [5.41, 5.74) is 3.19. The molecule has 2 heterocycles. The molecule has 5 nitrogen and oxygen atoms in total. The van der Waals surface area contributed by atoms with E-state index >= 15 is 0 Å². The van der Waals surface area contributed by atoms with Gasteiger partial charge in [-0.25, -0.2) is 4.39 Å². The number of alkyl halides is 1. The topological polar surface area (TPSA) is 59.0 Å². The van der Waals surface area contributed by atoms with Gasteiger partial charge in [0.25, 0.3) is 5.91 Å². The van der Waals surface area contributed by atoms with E-state index in [1.54, 1.807) is 11.7 Å². The molecule has 1 fully saturated rings. The summed E-state index contributed by atoms with van der Waals surface area (Å²) in [7, 11) is 1.77. The van der Waals surface area contributed by atoms with Gasteiger partial charge in [-0.1, -0.05) is 26.0 Å². The highest BCUT2D eigenvalue weighted by molar-refractivity contribution is 6.03. The zero-order chi connectivity index (χ0) is 17.3. The molecule has 6 heteroatoms. The molecule has 0 radical (unpaired) electrons. The Balaban J connectivity index is 1.64. The minimum atomic E-state index is -0.760. The SMILES string of the molecule is CC(C)c1cc(C(=O)Nc2ccc(CC3NCC3F)cc2)n(C)n1. The largest absolute Gasteiger partial charge is 0.321 e. The van der Waals surface area contributed by atoms with Gasteiger partial charge in [-0.2, -0.15) is 5.10 Å². The predicted octanol–water partition coefficient (Wildman–Crippen LogP) is 2.65. The van der Waals surface area contributed by atoms with Gasteiger partial charge in [-0.05, 0) is 36.1 Å². The zero-order valence-electron chi connectivity index (χ0n) is 14.2. The van der Waals surface area contributed by atoms with E-state index in [0.29, 0.717) is 18.7 Å². The van der Waals surface area contributed by atoms with Crippen LogP contribution in [0.1, 0.15) is 41.5 Å². The third kappa shape index (κ3) is 3.48. The van der Waals surface area contributed by atoms with Crippen molar-refractivity contribution in [1.82, 2.24) is 15.1 Å². The second-order valence-corrected chi connectivity index (χ2v) is 6.62. The van der Waals surface area contributed by atoms with Crippen LogP contribution in [-0.4, -0.2) is 34.4 Å². The quantitative estimate of drug-likeness (QED) is 0.886. The summed E-state index contributed by atoms with van der Waals surface area (Å²) >= 11 is 0. The number of carbonyl (C=O) groups excluding carboxylic acids is 1. The van der Waals surface area contributed by atoms with Crippen LogP contribution in [0.4, 0.5) is 10.1 Å². The number of benzene rings is 1. The van der Waals surface area contributed by atoms with Gasteiger partial charge >= 0.3 is 0 Å². The van der Waals surface area contributed by atoms with Gasteiger partial charge in [0, 0.05) is 25.3 Å². The fourth-order valence-corrected chi connectivity index (χ4v) is 2.73. The Labute approximate surface area is 141 Å². The van der Waals surface area contributed by atoms with E-state index < -0.39 is 6.17 Å². The first-order valence-electron chi connectivity index (χ1n) is 8.25. The lowest BCUT2D eigenvalue weighted by atomic mass is 9.96. The summed E-state index contributed by atoms with van der Waals surface area (Å²) in [5, 5.41) is 10.3. The maximum absolute atomic E-state index is 13.3. The van der Waals surface area contributed by atoms with Gasteiger partial charge in [0.2, 0.25) is 0 Å². The molecule has 1 saturated heterocycles. The minimum absolute atomic E-state index is 0.0886. The summed E-state index contributed by atoms with van der Waals surface area (Å²) in [4.78, 5) is 12.4. The summed E-state index contributed by atoms with van der Waals surface area (Å²) < 4.78 is 14.9. The van der Waals surface area contributed by atoms with Crippen LogP contribution in [0.2, 0.25) is 0 Å². The molecule has 0 aliphatic carbocycles. The molecule has 2 unspecified atom stereocenters. The van der Waals surface area contributed by atoms with E-state index in [9.17, 15) is 9.18 Å². The maximum Gasteiger partial charge on any atom is 0.273 e. The van der Waals surface area contributed by atoms with Crippen LogP contribution in [0.5, 0.6) is 0 Å². The van der Waals surface area contributed by atoms with Gasteiger partial charge in [0.15, 0.2) is 0 Å². The molecule has 3 rings (SSSR count). The van der Waals surface area contributed by atoms with Gasteiger partial charge in [-0.15, -0.1) is 0 Å². The molecule has 128 valence electrons. The molecule has 2 N–H and O–H groups in total. The highest BCUT2D eigenvalue weighted by atomic mass is 19.1. The zero-order valence-corrected chi connectivity index (χ0v) is 14.2. The molecule has 0 bridgehead atoms. The summed E-state index contributed by atoms with van der Waals surface area (Å²) in [6, 6.07) is 9.26. The van der Waals surface area contributed by atoms with Crippen LogP contribution in [0, 0.1) is 0 Å². The average molecular weight is 330 g/mol. The molecule has 1 aromatic heterocycles.